The highest BCUT2D eigenvalue weighted by Crippen LogP contribution is 2.43. The molecular weight excluding hydrogens is 451 g/mol. The smallest absolute Gasteiger partial charge is 0.0889 e. The van der Waals surface area contributed by atoms with Gasteiger partial charge in [0.1, 0.15) is 7.85 Å². The molecule has 0 amide bonds. The Morgan fingerprint density at radius 1 is 0.781 bits per heavy atom. The normalized spacial score (nSPS) is 15.8. The first-order valence-electron chi connectivity index (χ1n) is 11.7. The number of allylic oxidation sites excluding steroid dienone is 4. The average Bonchev–Trinajstić information content (AvgIpc) is 2.80. The van der Waals surface area contributed by atoms with Crippen molar-refractivity contribution in [3.63, 3.8) is 0 Å². The summed E-state index contributed by atoms with van der Waals surface area (Å²) in [4.78, 5) is 0. The van der Waals surface area contributed by atoms with Gasteiger partial charge in [0, 0.05) is 9.89 Å². The molecule has 0 nitrogen and oxygen atoms in total. The summed E-state index contributed by atoms with van der Waals surface area (Å²) in [5.74, 6) is 0.634. The van der Waals surface area contributed by atoms with Gasteiger partial charge in [-0.2, -0.15) is 0 Å². The SMILES string of the molecule is Bc1ccc(C2=CC=C(C(C)(CC(C)C)c3ccc(-c4ccc(Br)cc4)cc3)CC2)cc1. The zero-order valence-corrected chi connectivity index (χ0v) is 21.2. The number of halogens is 1. The number of benzene rings is 3. The molecule has 0 aromatic heterocycles. The van der Waals surface area contributed by atoms with Gasteiger partial charge in [-0.3, -0.25) is 0 Å². The van der Waals surface area contributed by atoms with Crippen molar-refractivity contribution in [3.8, 4) is 11.1 Å². The predicted molar refractivity (Wildman–Crippen MR) is 146 cm³/mol. The Hall–Kier alpha value is -2.32. The lowest BCUT2D eigenvalue weighted by Gasteiger charge is -2.36. The number of hydrogen-bond donors (Lipinski definition) is 0. The Morgan fingerprint density at radius 2 is 1.34 bits per heavy atom. The van der Waals surface area contributed by atoms with Crippen LogP contribution in [0.25, 0.3) is 16.7 Å². The van der Waals surface area contributed by atoms with Gasteiger partial charge in [-0.1, -0.05) is 121 Å². The van der Waals surface area contributed by atoms with E-state index < -0.39 is 0 Å². The number of rotatable bonds is 6. The monoisotopic (exact) mass is 482 g/mol. The summed E-state index contributed by atoms with van der Waals surface area (Å²) in [5.41, 5.74) is 9.69. The molecule has 3 aromatic carbocycles. The quantitative estimate of drug-likeness (QED) is 0.319. The van der Waals surface area contributed by atoms with Crippen LogP contribution in [-0.2, 0) is 5.41 Å². The zero-order valence-electron chi connectivity index (χ0n) is 19.7. The molecule has 0 saturated carbocycles. The van der Waals surface area contributed by atoms with E-state index in [2.05, 4.69) is 129 Å². The van der Waals surface area contributed by atoms with E-state index >= 15 is 0 Å². The molecule has 2 heteroatoms. The Bertz CT molecular complexity index is 1120. The van der Waals surface area contributed by atoms with E-state index in [1.165, 1.54) is 33.3 Å². The first kappa shape index (κ1) is 22.9. The van der Waals surface area contributed by atoms with E-state index in [-0.39, 0.29) is 5.41 Å². The van der Waals surface area contributed by atoms with Crippen molar-refractivity contribution >= 4 is 34.8 Å². The van der Waals surface area contributed by atoms with Crippen molar-refractivity contribution in [3.05, 3.63) is 106 Å². The van der Waals surface area contributed by atoms with Crippen LogP contribution >= 0.6 is 15.9 Å². The maximum atomic E-state index is 3.53. The van der Waals surface area contributed by atoms with Crippen LogP contribution in [0.5, 0.6) is 0 Å². The third kappa shape index (κ3) is 5.02. The maximum absolute atomic E-state index is 3.53. The highest BCUT2D eigenvalue weighted by Gasteiger charge is 2.32. The minimum atomic E-state index is 0.0573. The van der Waals surface area contributed by atoms with E-state index in [4.69, 9.17) is 0 Å². The van der Waals surface area contributed by atoms with Gasteiger partial charge < -0.3 is 0 Å². The van der Waals surface area contributed by atoms with Gasteiger partial charge in [-0.05, 0) is 65.1 Å². The Labute approximate surface area is 203 Å². The second-order valence-corrected chi connectivity index (χ2v) is 10.7. The van der Waals surface area contributed by atoms with E-state index in [1.807, 2.05) is 0 Å². The second kappa shape index (κ2) is 9.67. The fraction of sp³-hybridized carbons (Fsp3) is 0.267. The minimum absolute atomic E-state index is 0.0573. The van der Waals surface area contributed by atoms with Gasteiger partial charge in [0.2, 0.25) is 0 Å². The van der Waals surface area contributed by atoms with E-state index in [1.54, 1.807) is 5.57 Å². The maximum Gasteiger partial charge on any atom is 0.139 e. The first-order valence-corrected chi connectivity index (χ1v) is 12.5. The Balaban J connectivity index is 1.65. The van der Waals surface area contributed by atoms with E-state index in [0.29, 0.717) is 5.92 Å². The van der Waals surface area contributed by atoms with Crippen molar-refractivity contribution in [2.45, 2.75) is 45.4 Å². The van der Waals surface area contributed by atoms with Crippen LogP contribution in [0.15, 0.2) is 95.0 Å². The average molecular weight is 483 g/mol. The summed E-state index contributed by atoms with van der Waals surface area (Å²) in [6.45, 7) is 7.12. The third-order valence-electron chi connectivity index (χ3n) is 6.80. The van der Waals surface area contributed by atoms with Crippen molar-refractivity contribution in [1.82, 2.24) is 0 Å². The van der Waals surface area contributed by atoms with Crippen LogP contribution < -0.4 is 5.46 Å². The Kier molecular flexibility index (Phi) is 6.91. The molecular formula is C30H32BBr. The molecule has 0 aliphatic heterocycles. The third-order valence-corrected chi connectivity index (χ3v) is 7.33. The van der Waals surface area contributed by atoms with Gasteiger partial charge in [-0.15, -0.1) is 0 Å². The summed E-state index contributed by atoms with van der Waals surface area (Å²) in [6.07, 6.45) is 8.16. The molecule has 1 unspecified atom stereocenters. The Morgan fingerprint density at radius 3 is 1.88 bits per heavy atom. The molecule has 0 bridgehead atoms. The van der Waals surface area contributed by atoms with Crippen LogP contribution in [0.4, 0.5) is 0 Å². The van der Waals surface area contributed by atoms with Crippen molar-refractivity contribution in [1.29, 1.82) is 0 Å². The largest absolute Gasteiger partial charge is 0.139 e. The lowest BCUT2D eigenvalue weighted by atomic mass is 9.68. The van der Waals surface area contributed by atoms with Crippen LogP contribution in [0.3, 0.4) is 0 Å². The first-order chi connectivity index (χ1) is 15.3. The molecule has 0 N–H and O–H groups in total. The topological polar surface area (TPSA) is 0 Å². The molecule has 1 aliphatic carbocycles. The zero-order chi connectivity index (χ0) is 22.7. The fourth-order valence-corrected chi connectivity index (χ4v) is 5.29. The van der Waals surface area contributed by atoms with E-state index in [0.717, 1.165) is 23.7 Å². The summed E-state index contributed by atoms with van der Waals surface area (Å²) < 4.78 is 1.12. The molecule has 1 atom stereocenters. The van der Waals surface area contributed by atoms with Gasteiger partial charge >= 0.3 is 0 Å². The van der Waals surface area contributed by atoms with Gasteiger partial charge in [-0.25, -0.2) is 0 Å². The van der Waals surface area contributed by atoms with Crippen LogP contribution in [0, 0.1) is 5.92 Å². The van der Waals surface area contributed by atoms with Crippen LogP contribution in [0.1, 0.15) is 51.2 Å². The van der Waals surface area contributed by atoms with Crippen LogP contribution in [0.2, 0.25) is 0 Å². The fourth-order valence-electron chi connectivity index (χ4n) is 5.03. The van der Waals surface area contributed by atoms with Gasteiger partial charge in [0.25, 0.3) is 0 Å². The standard InChI is InChI=1S/C30H32BBr/c1-21(2)20-30(3,26-12-4-22(5-13-26)24-8-16-28(31)17-9-24)27-14-6-23(7-15-27)25-10-18-29(32)19-11-25/h4,6-12,14-19,21H,5,13,20,31H2,1-3H3. The lowest BCUT2D eigenvalue weighted by molar-refractivity contribution is 0.410. The predicted octanol–water partition coefficient (Wildman–Crippen LogP) is 7.48. The lowest BCUT2D eigenvalue weighted by Crippen LogP contribution is -2.27. The summed E-state index contributed by atoms with van der Waals surface area (Å²) >= 11 is 3.53. The highest BCUT2D eigenvalue weighted by molar-refractivity contribution is 9.10. The molecule has 1 aliphatic rings. The van der Waals surface area contributed by atoms with E-state index in [9.17, 15) is 0 Å². The highest BCUT2D eigenvalue weighted by atomic mass is 79.9. The van der Waals surface area contributed by atoms with Crippen molar-refractivity contribution < 1.29 is 0 Å². The summed E-state index contributed by atoms with van der Waals surface area (Å²) in [6, 6.07) is 26.8. The molecule has 0 spiro atoms. The van der Waals surface area contributed by atoms with Gasteiger partial charge in [0.15, 0.2) is 0 Å². The molecule has 0 heterocycles. The van der Waals surface area contributed by atoms with Crippen LogP contribution in [-0.4, -0.2) is 7.85 Å². The summed E-state index contributed by atoms with van der Waals surface area (Å²) in [7, 11) is 2.15. The van der Waals surface area contributed by atoms with Crippen molar-refractivity contribution in [2.24, 2.45) is 5.92 Å². The molecule has 162 valence electrons. The summed E-state index contributed by atoms with van der Waals surface area (Å²) in [5, 5.41) is 0. The molecule has 0 fully saturated rings. The minimum Gasteiger partial charge on any atom is -0.0889 e. The van der Waals surface area contributed by atoms with Gasteiger partial charge in [0.05, 0.1) is 0 Å². The second-order valence-electron chi connectivity index (χ2n) is 9.76. The molecule has 32 heavy (non-hydrogen) atoms. The number of hydrogen-bond acceptors (Lipinski definition) is 0. The molecule has 0 saturated heterocycles. The molecule has 0 radical (unpaired) electrons. The van der Waals surface area contributed by atoms with Crippen molar-refractivity contribution in [2.75, 3.05) is 0 Å². The molecule has 3 aromatic rings. The molecule has 4 rings (SSSR count).